The lowest BCUT2D eigenvalue weighted by molar-refractivity contribution is -0.123. The van der Waals surface area contributed by atoms with E-state index in [0.29, 0.717) is 49.7 Å². The summed E-state index contributed by atoms with van der Waals surface area (Å²) in [6, 6.07) is 13.7. The quantitative estimate of drug-likeness (QED) is 0.307. The first-order valence-electron chi connectivity index (χ1n) is 16.2. The summed E-state index contributed by atoms with van der Waals surface area (Å²) >= 11 is 0. The van der Waals surface area contributed by atoms with E-state index in [9.17, 15) is 14.4 Å². The number of methoxy groups -OCH3 is 1. The number of carbonyl (C=O) groups excluding carboxylic acids is 3. The third-order valence-corrected chi connectivity index (χ3v) is 8.58. The van der Waals surface area contributed by atoms with Gasteiger partial charge in [0.15, 0.2) is 17.2 Å². The van der Waals surface area contributed by atoms with Crippen LogP contribution in [0.3, 0.4) is 0 Å². The number of amides is 3. The second-order valence-electron chi connectivity index (χ2n) is 11.8. The zero-order valence-electron chi connectivity index (χ0n) is 26.5. The minimum Gasteiger partial charge on any atom is -0.493 e. The van der Waals surface area contributed by atoms with Gasteiger partial charge in [-0.1, -0.05) is 41.6 Å². The van der Waals surface area contributed by atoms with Crippen molar-refractivity contribution in [2.24, 2.45) is 0 Å². The number of hydrogen-bond acceptors (Lipinski definition) is 8. The van der Waals surface area contributed by atoms with Crippen LogP contribution in [0.15, 0.2) is 54.7 Å². The highest BCUT2D eigenvalue weighted by Crippen LogP contribution is 2.31. The molecule has 1 aliphatic heterocycles. The number of benzene rings is 2. The Hall–Kier alpha value is -5.20. The third kappa shape index (κ3) is 7.62. The Balaban J connectivity index is 1.27. The predicted molar refractivity (Wildman–Crippen MR) is 172 cm³/mol. The van der Waals surface area contributed by atoms with Crippen LogP contribution in [-0.2, 0) is 37.0 Å². The van der Waals surface area contributed by atoms with Crippen LogP contribution >= 0.6 is 0 Å². The van der Waals surface area contributed by atoms with Gasteiger partial charge in [-0.05, 0) is 43.4 Å². The molecule has 6 rings (SSSR count). The molecule has 0 saturated carbocycles. The van der Waals surface area contributed by atoms with Crippen molar-refractivity contribution in [2.45, 2.75) is 57.5 Å². The largest absolute Gasteiger partial charge is 0.493 e. The van der Waals surface area contributed by atoms with Crippen LogP contribution in [-0.4, -0.2) is 87.2 Å². The molecule has 0 unspecified atom stereocenters. The first-order valence-corrected chi connectivity index (χ1v) is 16.2. The molecule has 13 heteroatoms. The van der Waals surface area contributed by atoms with E-state index in [4.69, 9.17) is 9.47 Å². The lowest BCUT2D eigenvalue weighted by Crippen LogP contribution is -2.50. The van der Waals surface area contributed by atoms with Gasteiger partial charge in [0.2, 0.25) is 5.91 Å². The second-order valence-corrected chi connectivity index (χ2v) is 11.8. The standard InChI is InChI=1S/C34H40N8O5/c1-46-29-14-7-12-26-31(29)47-20-8-17-42-22-24(37-40-42)15-18-41(34(45)30-25-11-5-6-13-27(25)38-39-30)19-16-35-33(44)28(36-32(26)43)21-23-9-3-2-4-10-23/h2-4,7,9-10,12,14,22,28H,5-6,8,11,13,15-21H2,1H3,(H,35,44)(H,36,43)(H,38,39)/t28-/m0/s1. The monoisotopic (exact) mass is 640 g/mol. The predicted octanol–water partition coefficient (Wildman–Crippen LogP) is 2.51. The fourth-order valence-electron chi connectivity index (χ4n) is 6.07. The van der Waals surface area contributed by atoms with Gasteiger partial charge in [-0.2, -0.15) is 5.10 Å². The molecule has 0 fully saturated rings. The molecule has 47 heavy (non-hydrogen) atoms. The molecule has 1 atom stereocenters. The van der Waals surface area contributed by atoms with Crippen LogP contribution in [0.25, 0.3) is 0 Å². The highest BCUT2D eigenvalue weighted by atomic mass is 16.5. The number of fused-ring (bicyclic) bond motifs is 4. The van der Waals surface area contributed by atoms with Crippen molar-refractivity contribution >= 4 is 17.7 Å². The lowest BCUT2D eigenvalue weighted by Gasteiger charge is -2.24. The highest BCUT2D eigenvalue weighted by molar-refractivity contribution is 6.00. The molecule has 13 nitrogen and oxygen atoms in total. The number of H-pyrrole nitrogens is 1. The molecule has 246 valence electrons. The van der Waals surface area contributed by atoms with E-state index in [1.807, 2.05) is 36.5 Å². The van der Waals surface area contributed by atoms with Gasteiger partial charge in [0, 0.05) is 62.9 Å². The topological polar surface area (TPSA) is 156 Å². The van der Waals surface area contributed by atoms with Crippen molar-refractivity contribution in [2.75, 3.05) is 33.4 Å². The summed E-state index contributed by atoms with van der Waals surface area (Å²) in [7, 11) is 1.52. The number of nitrogens with one attached hydrogen (secondary N) is 3. The van der Waals surface area contributed by atoms with Gasteiger partial charge in [0.05, 0.1) is 25.0 Å². The Kier molecular flexibility index (Phi) is 10.1. The van der Waals surface area contributed by atoms with Crippen LogP contribution in [0.5, 0.6) is 11.5 Å². The van der Waals surface area contributed by atoms with Gasteiger partial charge in [-0.3, -0.25) is 24.2 Å². The van der Waals surface area contributed by atoms with Crippen LogP contribution in [0.4, 0.5) is 0 Å². The maximum absolute atomic E-state index is 13.9. The van der Waals surface area contributed by atoms with Crippen LogP contribution in [0.1, 0.15) is 62.6 Å². The average molecular weight is 641 g/mol. The van der Waals surface area contributed by atoms with Crippen LogP contribution in [0.2, 0.25) is 0 Å². The van der Waals surface area contributed by atoms with E-state index in [1.165, 1.54) is 7.11 Å². The smallest absolute Gasteiger partial charge is 0.274 e. The lowest BCUT2D eigenvalue weighted by atomic mass is 9.95. The van der Waals surface area contributed by atoms with E-state index >= 15 is 0 Å². The molecule has 4 aromatic rings. The summed E-state index contributed by atoms with van der Waals surface area (Å²) in [5.74, 6) is -0.294. The van der Waals surface area contributed by atoms with E-state index in [0.717, 1.165) is 48.2 Å². The van der Waals surface area contributed by atoms with Gasteiger partial charge in [-0.25, -0.2) is 0 Å². The number of hydrogen-bond donors (Lipinski definition) is 3. The van der Waals surface area contributed by atoms with Crippen LogP contribution in [0, 0.1) is 0 Å². The summed E-state index contributed by atoms with van der Waals surface area (Å²) < 4.78 is 13.3. The zero-order chi connectivity index (χ0) is 32.6. The molecule has 2 aromatic heterocycles. The Morgan fingerprint density at radius 1 is 1.00 bits per heavy atom. The van der Waals surface area contributed by atoms with Crippen molar-refractivity contribution in [1.82, 2.24) is 40.7 Å². The molecule has 2 aliphatic rings. The van der Waals surface area contributed by atoms with Gasteiger partial charge < -0.3 is 25.0 Å². The van der Waals surface area contributed by atoms with E-state index in [1.54, 1.807) is 27.8 Å². The van der Waals surface area contributed by atoms with Gasteiger partial charge in [0.1, 0.15) is 6.04 Å². The molecule has 0 spiro atoms. The Bertz CT molecular complexity index is 1700. The molecule has 3 N–H and O–H groups in total. The highest BCUT2D eigenvalue weighted by Gasteiger charge is 2.28. The van der Waals surface area contributed by atoms with Gasteiger partial charge in [0.25, 0.3) is 11.8 Å². The number of aryl methyl sites for hydroxylation is 2. The average Bonchev–Trinajstić information content (AvgIpc) is 3.74. The first-order chi connectivity index (χ1) is 23.0. The fourth-order valence-corrected chi connectivity index (χ4v) is 6.07. The molecular formula is C34H40N8O5. The molecule has 1 aliphatic carbocycles. The molecule has 0 saturated heterocycles. The summed E-state index contributed by atoms with van der Waals surface area (Å²) in [6.45, 7) is 1.64. The number of nitrogens with zero attached hydrogens (tertiary/aromatic N) is 5. The number of para-hydroxylation sites is 1. The van der Waals surface area contributed by atoms with E-state index < -0.39 is 11.9 Å². The van der Waals surface area contributed by atoms with Crippen molar-refractivity contribution < 1.29 is 23.9 Å². The summed E-state index contributed by atoms with van der Waals surface area (Å²) in [6.07, 6.45) is 7.00. The number of aromatic amines is 1. The molecule has 2 bridgehead atoms. The van der Waals surface area contributed by atoms with E-state index in [-0.39, 0.29) is 36.9 Å². The minimum atomic E-state index is -0.886. The second kappa shape index (κ2) is 14.9. The molecular weight excluding hydrogens is 600 g/mol. The summed E-state index contributed by atoms with van der Waals surface area (Å²) in [5, 5.41) is 21.9. The molecule has 3 heterocycles. The zero-order valence-corrected chi connectivity index (χ0v) is 26.5. The number of carbonyl (C=O) groups is 3. The molecule has 0 radical (unpaired) electrons. The minimum absolute atomic E-state index is 0.179. The number of rotatable bonds is 4. The Labute approximate surface area is 273 Å². The van der Waals surface area contributed by atoms with Crippen molar-refractivity contribution in [3.63, 3.8) is 0 Å². The van der Waals surface area contributed by atoms with Crippen molar-refractivity contribution in [1.29, 1.82) is 0 Å². The number of ether oxygens (including phenoxy) is 2. The maximum atomic E-state index is 13.9. The normalized spacial score (nSPS) is 17.9. The Morgan fingerprint density at radius 2 is 1.85 bits per heavy atom. The molecule has 2 aromatic carbocycles. The first kappa shape index (κ1) is 31.8. The van der Waals surface area contributed by atoms with E-state index in [2.05, 4.69) is 31.1 Å². The van der Waals surface area contributed by atoms with Gasteiger partial charge >= 0.3 is 0 Å². The summed E-state index contributed by atoms with van der Waals surface area (Å²) in [4.78, 5) is 43.0. The SMILES string of the molecule is COc1cccc2c1OCCCn1cc(nn1)CCN(C(=O)c1n[nH]c3c1CCCC3)CCNC(=O)[C@H](Cc1ccccc1)NC2=O. The number of aromatic nitrogens is 5. The Morgan fingerprint density at radius 3 is 2.70 bits per heavy atom. The maximum Gasteiger partial charge on any atom is 0.274 e. The van der Waals surface area contributed by atoms with Crippen LogP contribution < -0.4 is 20.1 Å². The summed E-state index contributed by atoms with van der Waals surface area (Å²) in [5.41, 5.74) is 4.35. The fraction of sp³-hybridized carbons (Fsp3) is 0.412. The van der Waals surface area contributed by atoms with Gasteiger partial charge in [-0.15, -0.1) is 5.10 Å². The molecule has 3 amide bonds. The van der Waals surface area contributed by atoms with Crippen molar-refractivity contribution in [3.8, 4) is 11.5 Å². The van der Waals surface area contributed by atoms with Crippen molar-refractivity contribution in [3.05, 3.63) is 88.5 Å². The third-order valence-electron chi connectivity index (χ3n) is 8.58.